The van der Waals surface area contributed by atoms with Crippen molar-refractivity contribution in [3.8, 4) is 28.3 Å². The van der Waals surface area contributed by atoms with Crippen LogP contribution in [-0.4, -0.2) is 40.8 Å². The summed E-state index contributed by atoms with van der Waals surface area (Å²) in [5.74, 6) is 0.804. The Morgan fingerprint density at radius 3 is 2.31 bits per heavy atom. The van der Waals surface area contributed by atoms with Crippen LogP contribution in [-0.2, 0) is 10.3 Å². The number of rotatable bonds is 5. The van der Waals surface area contributed by atoms with Gasteiger partial charge in [-0.25, -0.2) is 9.97 Å². The summed E-state index contributed by atoms with van der Waals surface area (Å²) in [6, 6.07) is 29.1. The molecule has 2 aromatic heterocycles. The third-order valence-electron chi connectivity index (χ3n) is 8.05. The average Bonchev–Trinajstić information content (AvgIpc) is 3.35. The van der Waals surface area contributed by atoms with E-state index in [1.807, 2.05) is 24.3 Å². The number of hydrogen-bond acceptors (Lipinski definition) is 5. The minimum Gasteiger partial charge on any atom is -0.378 e. The van der Waals surface area contributed by atoms with Crippen LogP contribution in [0.15, 0.2) is 84.9 Å². The topological polar surface area (TPSA) is 69.2 Å². The predicted octanol–water partition coefficient (Wildman–Crippen LogP) is 6.58. The first kappa shape index (κ1) is 24.3. The van der Waals surface area contributed by atoms with E-state index in [1.165, 1.54) is 17.7 Å². The van der Waals surface area contributed by atoms with Crippen molar-refractivity contribution in [1.29, 1.82) is 0 Å². The monoisotopic (exact) mass is 535 g/mol. The predicted molar refractivity (Wildman–Crippen MR) is 157 cm³/mol. The number of imidazole rings is 1. The van der Waals surface area contributed by atoms with Gasteiger partial charge in [-0.05, 0) is 73.4 Å². The van der Waals surface area contributed by atoms with Crippen molar-refractivity contribution < 1.29 is 4.74 Å². The fourth-order valence-electron chi connectivity index (χ4n) is 5.66. The highest BCUT2D eigenvalue weighted by molar-refractivity contribution is 6.30. The normalized spacial score (nSPS) is 16.8. The molecule has 2 fully saturated rings. The van der Waals surface area contributed by atoms with E-state index in [0.29, 0.717) is 5.02 Å². The van der Waals surface area contributed by atoms with Crippen LogP contribution in [0.2, 0.25) is 5.02 Å². The van der Waals surface area contributed by atoms with Crippen LogP contribution in [0.3, 0.4) is 0 Å². The van der Waals surface area contributed by atoms with Gasteiger partial charge in [0, 0.05) is 46.2 Å². The third kappa shape index (κ3) is 4.48. The van der Waals surface area contributed by atoms with E-state index in [9.17, 15) is 0 Å². The smallest absolute Gasteiger partial charge is 0.165 e. The molecule has 0 amide bonds. The summed E-state index contributed by atoms with van der Waals surface area (Å²) in [7, 11) is 0. The molecule has 196 valence electrons. The van der Waals surface area contributed by atoms with Gasteiger partial charge in [-0.15, -0.1) is 0 Å². The molecular weight excluding hydrogens is 506 g/mol. The van der Waals surface area contributed by atoms with Gasteiger partial charge < -0.3 is 15.4 Å². The maximum Gasteiger partial charge on any atom is 0.165 e. The maximum atomic E-state index is 6.61. The molecule has 7 heteroatoms. The first-order valence-corrected chi connectivity index (χ1v) is 13.9. The van der Waals surface area contributed by atoms with Crippen LogP contribution in [0.25, 0.3) is 39.5 Å². The van der Waals surface area contributed by atoms with E-state index in [-0.39, 0.29) is 5.54 Å². The second-order valence-electron chi connectivity index (χ2n) is 10.5. The van der Waals surface area contributed by atoms with Crippen LogP contribution >= 0.6 is 11.6 Å². The molecule has 1 saturated heterocycles. The molecule has 2 N–H and O–H groups in total. The molecular formula is C32H30ClN5O. The van der Waals surface area contributed by atoms with Crippen molar-refractivity contribution in [2.24, 2.45) is 5.73 Å². The Labute approximate surface area is 233 Å². The zero-order chi connectivity index (χ0) is 26.4. The molecule has 5 aromatic rings. The van der Waals surface area contributed by atoms with Gasteiger partial charge in [0.1, 0.15) is 11.3 Å². The number of anilines is 1. The molecule has 3 aromatic carbocycles. The molecule has 3 heterocycles. The zero-order valence-corrected chi connectivity index (χ0v) is 22.4. The maximum absolute atomic E-state index is 6.61. The number of morpholine rings is 1. The number of nitrogens with two attached hydrogens (primary N) is 1. The molecule has 7 rings (SSSR count). The van der Waals surface area contributed by atoms with Gasteiger partial charge in [0.05, 0.1) is 18.9 Å². The highest BCUT2D eigenvalue weighted by atomic mass is 35.5. The molecule has 39 heavy (non-hydrogen) atoms. The molecule has 1 aliphatic heterocycles. The fourth-order valence-corrected chi connectivity index (χ4v) is 5.85. The number of pyridine rings is 1. The van der Waals surface area contributed by atoms with E-state index in [1.54, 1.807) is 0 Å². The average molecular weight is 536 g/mol. The largest absolute Gasteiger partial charge is 0.378 e. The van der Waals surface area contributed by atoms with Crippen molar-refractivity contribution in [3.63, 3.8) is 0 Å². The highest BCUT2D eigenvalue weighted by Gasteiger charge is 2.34. The molecule has 0 radical (unpaired) electrons. The molecule has 0 bridgehead atoms. The Bertz CT molecular complexity index is 1650. The lowest BCUT2D eigenvalue weighted by Gasteiger charge is -2.38. The van der Waals surface area contributed by atoms with Gasteiger partial charge in [-0.1, -0.05) is 48.0 Å². The van der Waals surface area contributed by atoms with Crippen LogP contribution < -0.4 is 10.6 Å². The standard InChI is InChI=1S/C32H30ClN5O/c33-25-6-1-5-23(20-25)30-36-29-13-12-28(22-4-2-7-27(21-22)37-16-18-39-19-17-37)35-31(29)38(30)26-10-8-24(9-11-26)32(34)14-3-15-32/h1-2,4-13,20-21H,3,14-19,34H2. The van der Waals surface area contributed by atoms with Gasteiger partial charge in [-0.3, -0.25) is 4.57 Å². The first-order valence-electron chi connectivity index (χ1n) is 13.6. The van der Waals surface area contributed by atoms with Crippen molar-refractivity contribution >= 4 is 28.5 Å². The van der Waals surface area contributed by atoms with Crippen LogP contribution in [0.1, 0.15) is 24.8 Å². The van der Waals surface area contributed by atoms with E-state index in [2.05, 4.69) is 70.1 Å². The highest BCUT2D eigenvalue weighted by Crippen LogP contribution is 2.39. The Morgan fingerprint density at radius 2 is 1.56 bits per heavy atom. The van der Waals surface area contributed by atoms with Crippen molar-refractivity contribution in [1.82, 2.24) is 14.5 Å². The number of fused-ring (bicyclic) bond motifs is 1. The summed E-state index contributed by atoms with van der Waals surface area (Å²) >= 11 is 6.39. The molecule has 2 aliphatic rings. The minimum atomic E-state index is -0.206. The lowest BCUT2D eigenvalue weighted by molar-refractivity contribution is 0.122. The van der Waals surface area contributed by atoms with Crippen LogP contribution in [0, 0.1) is 0 Å². The van der Waals surface area contributed by atoms with Gasteiger partial charge in [-0.2, -0.15) is 0 Å². The van der Waals surface area contributed by atoms with Crippen molar-refractivity contribution in [2.75, 3.05) is 31.2 Å². The Hall–Kier alpha value is -3.71. The van der Waals surface area contributed by atoms with Crippen LogP contribution in [0.5, 0.6) is 0 Å². The number of aromatic nitrogens is 3. The number of halogens is 1. The second kappa shape index (κ2) is 9.79. The molecule has 0 atom stereocenters. The Kier molecular flexibility index (Phi) is 6.11. The van der Waals surface area contributed by atoms with E-state index in [4.69, 9.17) is 32.0 Å². The van der Waals surface area contributed by atoms with Gasteiger partial charge in [0.15, 0.2) is 5.65 Å². The number of benzene rings is 3. The summed E-state index contributed by atoms with van der Waals surface area (Å²) < 4.78 is 7.67. The summed E-state index contributed by atoms with van der Waals surface area (Å²) in [6.45, 7) is 3.30. The SMILES string of the molecule is NC1(c2ccc(-n3c(-c4cccc(Cl)c4)nc4ccc(-c5cccc(N6CCOCC6)c5)nc43)cc2)CCC1. The van der Waals surface area contributed by atoms with Crippen molar-refractivity contribution in [2.45, 2.75) is 24.8 Å². The van der Waals surface area contributed by atoms with E-state index < -0.39 is 0 Å². The van der Waals surface area contributed by atoms with E-state index >= 15 is 0 Å². The summed E-state index contributed by atoms with van der Waals surface area (Å²) in [4.78, 5) is 12.6. The Balaban J connectivity index is 1.36. The summed E-state index contributed by atoms with van der Waals surface area (Å²) in [5, 5.41) is 0.671. The first-order chi connectivity index (χ1) is 19.1. The van der Waals surface area contributed by atoms with E-state index in [0.717, 1.165) is 78.6 Å². The van der Waals surface area contributed by atoms with Crippen LogP contribution in [0.4, 0.5) is 5.69 Å². The quantitative estimate of drug-likeness (QED) is 0.275. The third-order valence-corrected chi connectivity index (χ3v) is 8.29. The van der Waals surface area contributed by atoms with Gasteiger partial charge >= 0.3 is 0 Å². The lowest BCUT2D eigenvalue weighted by Crippen LogP contribution is -2.43. The molecule has 1 saturated carbocycles. The number of nitrogens with zero attached hydrogens (tertiary/aromatic N) is 4. The number of ether oxygens (including phenoxy) is 1. The lowest BCUT2D eigenvalue weighted by atomic mass is 9.73. The van der Waals surface area contributed by atoms with Crippen molar-refractivity contribution in [3.05, 3.63) is 95.5 Å². The fraction of sp³-hybridized carbons (Fsp3) is 0.250. The second-order valence-corrected chi connectivity index (χ2v) is 11.0. The zero-order valence-electron chi connectivity index (χ0n) is 21.7. The van der Waals surface area contributed by atoms with Gasteiger partial charge in [0.2, 0.25) is 0 Å². The summed E-state index contributed by atoms with van der Waals surface area (Å²) in [6.07, 6.45) is 3.24. The molecule has 6 nitrogen and oxygen atoms in total. The van der Waals surface area contributed by atoms with Gasteiger partial charge in [0.25, 0.3) is 0 Å². The molecule has 0 spiro atoms. The summed E-state index contributed by atoms with van der Waals surface area (Å²) in [5.41, 5.74) is 14.3. The minimum absolute atomic E-state index is 0.206. The Morgan fingerprint density at radius 1 is 0.795 bits per heavy atom. The molecule has 0 unspecified atom stereocenters. The number of hydrogen-bond donors (Lipinski definition) is 1. The molecule has 1 aliphatic carbocycles.